The molecule has 244 valence electrons. The van der Waals surface area contributed by atoms with Gasteiger partial charge in [0.1, 0.15) is 17.7 Å². The lowest BCUT2D eigenvalue weighted by molar-refractivity contribution is -0.127. The molecule has 0 spiro atoms. The number of hydrogen-bond donors (Lipinski definition) is 3. The number of halogens is 1. The summed E-state index contributed by atoms with van der Waals surface area (Å²) in [5.41, 5.74) is -0.250. The Morgan fingerprint density at radius 3 is 2.54 bits per heavy atom. The Hall–Kier alpha value is -4.59. The lowest BCUT2D eigenvalue weighted by Crippen LogP contribution is -2.55. The third-order valence-electron chi connectivity index (χ3n) is 9.72. The number of benzene rings is 1. The summed E-state index contributed by atoms with van der Waals surface area (Å²) < 4.78 is 22.2. The molecule has 2 fully saturated rings. The van der Waals surface area contributed by atoms with E-state index in [4.69, 9.17) is 4.74 Å². The molecule has 0 unspecified atom stereocenters. The molecule has 4 aliphatic rings. The number of likely N-dealkylation sites (tertiary alicyclic amines) is 1. The zero-order valence-electron chi connectivity index (χ0n) is 26.3. The molecule has 3 amide bonds. The Balaban J connectivity index is 1.31. The fourth-order valence-corrected chi connectivity index (χ4v) is 6.91. The standard InChI is InChI=1S/C32H38FN7O6/c1-17-11-20(5-6-22(17)33)14-34-28(43)25-26(41)30(45)40-15-19-7-9-32(10-8-19,31(40)35-25)36-27(42)24-13-21(46-4)16-39(24)29(44)23-12-18(2)38(3)37-23/h5-6,11-12,19,21,24,41H,7-10,13-16H2,1-4H3,(H,34,43)(H,36,42)/t19?,21-,24-,32?/m0/s1. The van der Waals surface area contributed by atoms with Crippen molar-refractivity contribution in [3.8, 4) is 5.75 Å². The van der Waals surface area contributed by atoms with E-state index in [2.05, 4.69) is 20.7 Å². The molecule has 3 aliphatic heterocycles. The van der Waals surface area contributed by atoms with Crippen molar-refractivity contribution in [1.82, 2.24) is 34.9 Å². The zero-order chi connectivity index (χ0) is 32.9. The summed E-state index contributed by atoms with van der Waals surface area (Å²) in [7, 11) is 3.27. The molecule has 1 saturated heterocycles. The van der Waals surface area contributed by atoms with E-state index in [1.54, 1.807) is 30.8 Å². The summed E-state index contributed by atoms with van der Waals surface area (Å²) >= 11 is 0. The molecule has 2 aromatic heterocycles. The number of rotatable bonds is 7. The number of amides is 3. The monoisotopic (exact) mass is 635 g/mol. The normalized spacial score (nSPS) is 23.6. The highest BCUT2D eigenvalue weighted by Gasteiger charge is 2.49. The quantitative estimate of drug-likeness (QED) is 0.354. The van der Waals surface area contributed by atoms with Crippen molar-refractivity contribution >= 4 is 17.7 Å². The van der Waals surface area contributed by atoms with Gasteiger partial charge in [-0.3, -0.25) is 28.4 Å². The van der Waals surface area contributed by atoms with Crippen LogP contribution in [-0.4, -0.2) is 72.9 Å². The van der Waals surface area contributed by atoms with Gasteiger partial charge in [0.25, 0.3) is 17.4 Å². The summed E-state index contributed by atoms with van der Waals surface area (Å²) in [5.74, 6) is -2.41. The second-order valence-corrected chi connectivity index (χ2v) is 12.7. The van der Waals surface area contributed by atoms with Crippen LogP contribution < -0.4 is 16.2 Å². The van der Waals surface area contributed by atoms with E-state index in [1.807, 2.05) is 6.92 Å². The molecular formula is C32H38FN7O6. The Bertz CT molecular complexity index is 1760. The third kappa shape index (κ3) is 5.54. The minimum absolute atomic E-state index is 0.0193. The number of hydrogen-bond acceptors (Lipinski definition) is 8. The van der Waals surface area contributed by atoms with Gasteiger partial charge in [-0.1, -0.05) is 12.1 Å². The molecule has 2 atom stereocenters. The first-order valence-electron chi connectivity index (χ1n) is 15.4. The molecule has 0 radical (unpaired) electrons. The molecule has 1 saturated carbocycles. The van der Waals surface area contributed by atoms with Gasteiger partial charge in [0.05, 0.1) is 11.6 Å². The van der Waals surface area contributed by atoms with Crippen LogP contribution >= 0.6 is 0 Å². The topological polar surface area (TPSA) is 161 Å². The number of nitrogens with one attached hydrogen (secondary N) is 2. The number of ether oxygens (including phenoxy) is 1. The highest BCUT2D eigenvalue weighted by molar-refractivity contribution is 5.97. The Kier molecular flexibility index (Phi) is 8.17. The van der Waals surface area contributed by atoms with E-state index in [1.165, 1.54) is 28.7 Å². The molecule has 1 aromatic carbocycles. The van der Waals surface area contributed by atoms with Crippen LogP contribution in [0.15, 0.2) is 29.1 Å². The Morgan fingerprint density at radius 1 is 1.15 bits per heavy atom. The lowest BCUT2D eigenvalue weighted by atomic mass is 9.77. The second-order valence-electron chi connectivity index (χ2n) is 12.7. The van der Waals surface area contributed by atoms with Gasteiger partial charge in [-0.25, -0.2) is 9.37 Å². The van der Waals surface area contributed by atoms with Gasteiger partial charge in [-0.15, -0.1) is 0 Å². The first-order chi connectivity index (χ1) is 21.9. The smallest absolute Gasteiger partial charge is 0.296 e. The second kappa shape index (κ2) is 12.0. The maximum Gasteiger partial charge on any atom is 0.296 e. The highest BCUT2D eigenvalue weighted by Crippen LogP contribution is 2.43. The number of fused-ring (bicyclic) bond motifs is 2. The van der Waals surface area contributed by atoms with Crippen molar-refractivity contribution in [1.29, 1.82) is 0 Å². The van der Waals surface area contributed by atoms with Gasteiger partial charge in [-0.05, 0) is 68.7 Å². The molecule has 5 heterocycles. The molecule has 2 bridgehead atoms. The predicted octanol–water partition coefficient (Wildman–Crippen LogP) is 1.81. The first kappa shape index (κ1) is 31.4. The van der Waals surface area contributed by atoms with Crippen LogP contribution in [0.3, 0.4) is 0 Å². The van der Waals surface area contributed by atoms with Crippen LogP contribution in [0.5, 0.6) is 5.75 Å². The maximum absolute atomic E-state index is 14.1. The van der Waals surface area contributed by atoms with E-state index in [0.29, 0.717) is 43.4 Å². The largest absolute Gasteiger partial charge is 0.501 e. The Labute approximate surface area is 264 Å². The van der Waals surface area contributed by atoms with Crippen LogP contribution in [0.4, 0.5) is 4.39 Å². The summed E-state index contributed by atoms with van der Waals surface area (Å²) in [4.78, 5) is 60.5. The number of nitrogens with zero attached hydrogens (tertiary/aromatic N) is 5. The molecular weight excluding hydrogens is 597 g/mol. The molecule has 3 N–H and O–H groups in total. The number of carbonyl (C=O) groups excluding carboxylic acids is 3. The molecule has 7 rings (SSSR count). The van der Waals surface area contributed by atoms with Crippen molar-refractivity contribution in [2.75, 3.05) is 13.7 Å². The van der Waals surface area contributed by atoms with Crippen LogP contribution in [0.1, 0.15) is 75.7 Å². The van der Waals surface area contributed by atoms with Gasteiger partial charge in [0, 0.05) is 45.9 Å². The predicted molar refractivity (Wildman–Crippen MR) is 162 cm³/mol. The van der Waals surface area contributed by atoms with Gasteiger partial charge < -0.3 is 25.4 Å². The van der Waals surface area contributed by atoms with Crippen LogP contribution in [0, 0.1) is 25.6 Å². The number of carbonyl (C=O) groups is 3. The van der Waals surface area contributed by atoms with Crippen LogP contribution in [0.2, 0.25) is 0 Å². The van der Waals surface area contributed by atoms with E-state index < -0.39 is 40.4 Å². The van der Waals surface area contributed by atoms with Crippen LogP contribution in [-0.2, 0) is 35.2 Å². The number of aryl methyl sites for hydroxylation is 3. The fourth-order valence-electron chi connectivity index (χ4n) is 6.91. The minimum atomic E-state index is -1.11. The molecule has 13 nitrogen and oxygen atoms in total. The molecule has 46 heavy (non-hydrogen) atoms. The van der Waals surface area contributed by atoms with Crippen molar-refractivity contribution in [2.24, 2.45) is 13.0 Å². The van der Waals surface area contributed by atoms with E-state index in [-0.39, 0.29) is 54.8 Å². The number of aromatic hydroxyl groups is 1. The molecule has 3 aromatic rings. The molecule has 14 heteroatoms. The van der Waals surface area contributed by atoms with Crippen molar-refractivity contribution in [2.45, 2.75) is 76.7 Å². The van der Waals surface area contributed by atoms with E-state index in [0.717, 1.165) is 5.69 Å². The minimum Gasteiger partial charge on any atom is -0.501 e. The summed E-state index contributed by atoms with van der Waals surface area (Å²) in [6, 6.07) is 5.24. The van der Waals surface area contributed by atoms with Crippen molar-refractivity contribution < 1.29 is 28.6 Å². The number of methoxy groups -OCH3 is 1. The molecule has 1 aliphatic carbocycles. The summed E-state index contributed by atoms with van der Waals surface area (Å²) in [6.45, 7) is 3.96. The van der Waals surface area contributed by atoms with Crippen LogP contribution in [0.25, 0.3) is 0 Å². The Morgan fingerprint density at radius 2 is 1.89 bits per heavy atom. The average Bonchev–Trinajstić information content (AvgIpc) is 3.54. The van der Waals surface area contributed by atoms with Gasteiger partial charge >= 0.3 is 0 Å². The highest BCUT2D eigenvalue weighted by atomic mass is 19.1. The third-order valence-corrected chi connectivity index (χ3v) is 9.72. The average molecular weight is 636 g/mol. The fraction of sp³-hybridized carbons (Fsp3) is 0.500. The SMILES string of the molecule is CO[C@H]1C[C@@H](C(=O)NC23CCC(CC2)Cn2c3nc(C(=O)NCc3ccc(F)c(C)c3)c(O)c2=O)N(C(=O)c2cc(C)n(C)n2)C1. The lowest BCUT2D eigenvalue weighted by Gasteiger charge is -2.38. The van der Waals surface area contributed by atoms with E-state index in [9.17, 15) is 28.7 Å². The van der Waals surface area contributed by atoms with E-state index >= 15 is 0 Å². The zero-order valence-corrected chi connectivity index (χ0v) is 26.3. The van der Waals surface area contributed by atoms with Crippen molar-refractivity contribution in [3.63, 3.8) is 0 Å². The first-order valence-corrected chi connectivity index (χ1v) is 15.4. The van der Waals surface area contributed by atoms with Crippen molar-refractivity contribution in [3.05, 3.63) is 74.5 Å². The van der Waals surface area contributed by atoms with Gasteiger partial charge in [-0.2, -0.15) is 5.10 Å². The summed E-state index contributed by atoms with van der Waals surface area (Å²) in [5, 5.41) is 21.0. The van der Waals surface area contributed by atoms with Gasteiger partial charge in [0.15, 0.2) is 11.4 Å². The van der Waals surface area contributed by atoms with Gasteiger partial charge in [0.2, 0.25) is 11.7 Å². The number of aromatic nitrogens is 4. The summed E-state index contributed by atoms with van der Waals surface area (Å²) in [6.07, 6.45) is 2.21. The maximum atomic E-state index is 14.1.